The second kappa shape index (κ2) is 3.82. The van der Waals surface area contributed by atoms with E-state index in [1.54, 1.807) is 19.1 Å². The van der Waals surface area contributed by atoms with Gasteiger partial charge in [-0.15, -0.1) is 11.6 Å². The molecule has 94 valence electrons. The Kier molecular flexibility index (Phi) is 2.83. The van der Waals surface area contributed by atoms with Gasteiger partial charge in [0.25, 0.3) is 0 Å². The van der Waals surface area contributed by atoms with Gasteiger partial charge in [0.2, 0.25) is 0 Å². The fraction of sp³-hybridized carbons (Fsp3) is 0.667. The Morgan fingerprint density at radius 3 is 2.76 bits per heavy atom. The maximum atomic E-state index is 12.2. The van der Waals surface area contributed by atoms with Crippen molar-refractivity contribution in [3.05, 3.63) is 12.2 Å². The van der Waals surface area contributed by atoms with Crippen LogP contribution in [-0.4, -0.2) is 35.4 Å². The van der Waals surface area contributed by atoms with Crippen LogP contribution in [-0.2, 0) is 14.3 Å². The summed E-state index contributed by atoms with van der Waals surface area (Å²) in [6.45, 7) is 1.70. The van der Waals surface area contributed by atoms with Crippen LogP contribution in [0.3, 0.4) is 0 Å². The Morgan fingerprint density at radius 1 is 1.65 bits per heavy atom. The molecule has 3 rings (SSSR count). The average Bonchev–Trinajstić information content (AvgIpc) is 2.34. The maximum Gasteiger partial charge on any atom is 0.312 e. The van der Waals surface area contributed by atoms with Crippen LogP contribution in [0.25, 0.3) is 0 Å². The number of carbonyl (C=O) groups excluding carboxylic acids is 2. The number of carbonyl (C=O) groups is 2. The second-order valence-electron chi connectivity index (χ2n) is 5.00. The highest BCUT2D eigenvalue weighted by atomic mass is 35.5. The van der Waals surface area contributed by atoms with E-state index in [9.17, 15) is 14.7 Å². The summed E-state index contributed by atoms with van der Waals surface area (Å²) in [7, 11) is 1.30. The molecule has 0 radical (unpaired) electrons. The molecule has 0 saturated heterocycles. The van der Waals surface area contributed by atoms with Gasteiger partial charge in [0.15, 0.2) is 5.78 Å². The molecule has 3 aliphatic rings. The highest BCUT2D eigenvalue weighted by molar-refractivity contribution is 6.21. The van der Waals surface area contributed by atoms with E-state index >= 15 is 0 Å². The Morgan fingerprint density at radius 2 is 2.29 bits per heavy atom. The number of methoxy groups -OCH3 is 1. The molecule has 3 aliphatic carbocycles. The van der Waals surface area contributed by atoms with Gasteiger partial charge in [-0.2, -0.15) is 0 Å². The van der Waals surface area contributed by atoms with Crippen molar-refractivity contribution in [1.29, 1.82) is 0 Å². The predicted molar refractivity (Wildman–Crippen MR) is 61.5 cm³/mol. The Hall–Kier alpha value is -0.870. The molecule has 4 nitrogen and oxygen atoms in total. The molecule has 0 aromatic carbocycles. The first-order valence-electron chi connectivity index (χ1n) is 5.49. The first kappa shape index (κ1) is 12.6. The normalized spacial score (nSPS) is 43.9. The van der Waals surface area contributed by atoms with Crippen molar-refractivity contribution in [3.63, 3.8) is 0 Å². The predicted octanol–water partition coefficient (Wildman–Crippen LogP) is 0.911. The summed E-state index contributed by atoms with van der Waals surface area (Å²) in [5.41, 5.74) is -2.42. The number of hydrogen-bond acceptors (Lipinski definition) is 4. The number of ether oxygens (including phenoxy) is 1. The quantitative estimate of drug-likeness (QED) is 0.454. The summed E-state index contributed by atoms with van der Waals surface area (Å²) in [6.07, 6.45) is 3.85. The van der Waals surface area contributed by atoms with Gasteiger partial charge in [-0.05, 0) is 13.3 Å². The van der Waals surface area contributed by atoms with Gasteiger partial charge in [0.1, 0.15) is 5.60 Å². The Labute approximate surface area is 105 Å². The highest BCUT2D eigenvalue weighted by Crippen LogP contribution is 2.51. The van der Waals surface area contributed by atoms with Gasteiger partial charge in [0.05, 0.1) is 24.3 Å². The van der Waals surface area contributed by atoms with E-state index in [1.165, 1.54) is 7.11 Å². The number of alkyl halides is 1. The third kappa shape index (κ3) is 1.47. The second-order valence-corrected chi connectivity index (χ2v) is 5.27. The molecule has 0 spiro atoms. The van der Waals surface area contributed by atoms with Crippen LogP contribution in [0.1, 0.15) is 13.3 Å². The molecule has 4 atom stereocenters. The summed E-state index contributed by atoms with van der Waals surface area (Å²) in [5.74, 6) is -2.00. The van der Waals surface area contributed by atoms with Crippen molar-refractivity contribution >= 4 is 23.4 Å². The summed E-state index contributed by atoms with van der Waals surface area (Å²) >= 11 is 5.70. The lowest BCUT2D eigenvalue weighted by molar-refractivity contribution is -0.173. The number of rotatable bonds is 2. The van der Waals surface area contributed by atoms with Crippen molar-refractivity contribution in [1.82, 2.24) is 0 Å². The molecule has 0 amide bonds. The lowest BCUT2D eigenvalue weighted by atomic mass is 9.54. The minimum absolute atomic E-state index is 0.144. The van der Waals surface area contributed by atoms with E-state index in [2.05, 4.69) is 0 Å². The van der Waals surface area contributed by atoms with E-state index < -0.39 is 28.8 Å². The fourth-order valence-corrected chi connectivity index (χ4v) is 3.20. The van der Waals surface area contributed by atoms with Gasteiger partial charge in [0, 0.05) is 5.92 Å². The van der Waals surface area contributed by atoms with Gasteiger partial charge < -0.3 is 9.84 Å². The fourth-order valence-electron chi connectivity index (χ4n) is 2.87. The molecule has 1 fully saturated rings. The zero-order chi connectivity index (χ0) is 12.8. The number of allylic oxidation sites excluding steroid dienone is 1. The van der Waals surface area contributed by atoms with Crippen LogP contribution in [0.5, 0.6) is 0 Å². The van der Waals surface area contributed by atoms with Gasteiger partial charge in [-0.1, -0.05) is 12.2 Å². The third-order valence-corrected chi connectivity index (χ3v) is 4.45. The lowest BCUT2D eigenvalue weighted by Gasteiger charge is -2.50. The van der Waals surface area contributed by atoms with Crippen molar-refractivity contribution in [2.24, 2.45) is 17.3 Å². The first-order valence-corrected chi connectivity index (χ1v) is 6.03. The van der Waals surface area contributed by atoms with Crippen LogP contribution in [0, 0.1) is 17.3 Å². The number of esters is 1. The number of hydrogen-bond donors (Lipinski definition) is 1. The van der Waals surface area contributed by atoms with Crippen molar-refractivity contribution in [2.45, 2.75) is 18.9 Å². The SMILES string of the molecule is COC(=O)[C@@]1(C)C[C@H]2C=C[C@@H]1C(=O)[C@]2(O)CCl. The van der Waals surface area contributed by atoms with Crippen molar-refractivity contribution in [3.8, 4) is 0 Å². The van der Waals surface area contributed by atoms with Crippen LogP contribution in [0.2, 0.25) is 0 Å². The number of fused-ring (bicyclic) bond motifs is 2. The highest BCUT2D eigenvalue weighted by Gasteiger charge is 2.61. The number of ketones is 1. The molecule has 17 heavy (non-hydrogen) atoms. The van der Waals surface area contributed by atoms with Gasteiger partial charge >= 0.3 is 5.97 Å². The van der Waals surface area contributed by atoms with E-state index in [4.69, 9.17) is 16.3 Å². The first-order chi connectivity index (χ1) is 7.90. The minimum Gasteiger partial charge on any atom is -0.469 e. The minimum atomic E-state index is -1.53. The smallest absolute Gasteiger partial charge is 0.312 e. The van der Waals surface area contributed by atoms with E-state index in [0.717, 1.165) is 0 Å². The molecule has 2 bridgehead atoms. The van der Waals surface area contributed by atoms with Crippen LogP contribution < -0.4 is 0 Å². The summed E-state index contributed by atoms with van der Waals surface area (Å²) in [4.78, 5) is 24.0. The summed E-state index contributed by atoms with van der Waals surface area (Å²) in [6, 6.07) is 0. The monoisotopic (exact) mass is 258 g/mol. The molecule has 0 unspecified atom stereocenters. The van der Waals surface area contributed by atoms with Crippen LogP contribution in [0.4, 0.5) is 0 Å². The zero-order valence-electron chi connectivity index (χ0n) is 9.77. The van der Waals surface area contributed by atoms with Gasteiger partial charge in [-0.3, -0.25) is 9.59 Å². The molecule has 1 N–H and O–H groups in total. The number of aliphatic hydroxyl groups is 1. The molecular formula is C12H15ClO4. The molecule has 0 aromatic rings. The lowest BCUT2D eigenvalue weighted by Crippen LogP contribution is -2.62. The zero-order valence-corrected chi connectivity index (χ0v) is 10.5. The topological polar surface area (TPSA) is 63.6 Å². The van der Waals surface area contributed by atoms with E-state index in [0.29, 0.717) is 6.42 Å². The standard InChI is InChI=1S/C12H15ClO4/c1-11(10(15)17-2)5-7-3-4-8(11)9(14)12(7,16)6-13/h3-4,7-8,16H,5-6H2,1-2H3/t7-,8-,11+,12+/m1/s1. The average molecular weight is 259 g/mol. The molecule has 0 heterocycles. The van der Waals surface area contributed by atoms with E-state index in [1.807, 2.05) is 0 Å². The molecule has 5 heteroatoms. The molecular weight excluding hydrogens is 244 g/mol. The molecule has 1 saturated carbocycles. The molecule has 0 aromatic heterocycles. The van der Waals surface area contributed by atoms with E-state index in [-0.39, 0.29) is 11.7 Å². The van der Waals surface area contributed by atoms with Gasteiger partial charge in [-0.25, -0.2) is 0 Å². The summed E-state index contributed by atoms with van der Waals surface area (Å²) < 4.78 is 4.76. The Bertz CT molecular complexity index is 405. The van der Waals surface area contributed by atoms with Crippen LogP contribution in [0.15, 0.2) is 12.2 Å². The van der Waals surface area contributed by atoms with Crippen LogP contribution >= 0.6 is 11.6 Å². The summed E-state index contributed by atoms with van der Waals surface area (Å²) in [5, 5.41) is 10.2. The maximum absolute atomic E-state index is 12.2. The molecule has 0 aliphatic heterocycles. The number of Topliss-reactive ketones (excluding diaryl/α,β-unsaturated/α-hetero) is 1. The Balaban J connectivity index is 2.43. The largest absolute Gasteiger partial charge is 0.469 e. The van der Waals surface area contributed by atoms with Crippen molar-refractivity contribution in [2.75, 3.05) is 13.0 Å². The number of halogens is 1. The third-order valence-electron chi connectivity index (χ3n) is 4.04. The van der Waals surface area contributed by atoms with Crippen molar-refractivity contribution < 1.29 is 19.4 Å².